The Bertz CT molecular complexity index is 205. The third-order valence-electron chi connectivity index (χ3n) is 2.64. The van der Waals surface area contributed by atoms with Gasteiger partial charge in [-0.05, 0) is 0 Å². The quantitative estimate of drug-likeness (QED) is 0.394. The first kappa shape index (κ1) is 15.4. The van der Waals surface area contributed by atoms with Crippen molar-refractivity contribution >= 4 is 0 Å². The number of hydrogen-bond donors (Lipinski definition) is 0. The predicted octanol–water partition coefficient (Wildman–Crippen LogP) is -3.20. The number of halogens is 2. The Balaban J connectivity index is 0. The number of hydrogen-bond acceptors (Lipinski definition) is 0. The molecule has 1 aliphatic carbocycles. The van der Waals surface area contributed by atoms with E-state index in [9.17, 15) is 0 Å². The summed E-state index contributed by atoms with van der Waals surface area (Å²) in [6.45, 7) is 9.07. The Hall–Kier alpha value is 0.930. The summed E-state index contributed by atoms with van der Waals surface area (Å²) in [6, 6.07) is 0. The van der Waals surface area contributed by atoms with Crippen molar-refractivity contribution in [2.75, 3.05) is 0 Å². The Kier molecular flexibility index (Phi) is 7.21. The van der Waals surface area contributed by atoms with E-state index in [4.69, 9.17) is 0 Å². The molecule has 1 aliphatic rings. The molecule has 12 heavy (non-hydrogen) atoms. The molecule has 0 aromatic carbocycles. The van der Waals surface area contributed by atoms with Crippen LogP contribution in [-0.4, -0.2) is 0 Å². The van der Waals surface area contributed by atoms with Gasteiger partial charge in [-0.25, -0.2) is 0 Å². The molecule has 3 heteroatoms. The largest absolute Gasteiger partial charge is 1.00 e. The Morgan fingerprint density at radius 2 is 1.42 bits per heavy atom. The average Bonchev–Trinajstić information content (AvgIpc) is 2.07. The third kappa shape index (κ3) is 2.46. The van der Waals surface area contributed by atoms with Crippen LogP contribution in [0.15, 0.2) is 20.0 Å². The second kappa shape index (κ2) is 5.62. The average molecular weight is 371 g/mol. The SMILES string of the molecule is CC1=C(C)C(C)[C]([Hf+2])=C1C.[Cl-].[Cl-]. The van der Waals surface area contributed by atoms with Gasteiger partial charge in [0.1, 0.15) is 0 Å². The molecule has 0 amide bonds. The van der Waals surface area contributed by atoms with E-state index in [1.54, 1.807) is 14.5 Å². The fourth-order valence-electron chi connectivity index (χ4n) is 1.36. The van der Waals surface area contributed by atoms with Crippen LogP contribution in [0.3, 0.4) is 0 Å². The van der Waals surface area contributed by atoms with Crippen LogP contribution in [0.1, 0.15) is 27.7 Å². The van der Waals surface area contributed by atoms with Gasteiger partial charge in [-0.15, -0.1) is 0 Å². The van der Waals surface area contributed by atoms with Gasteiger partial charge in [0.2, 0.25) is 0 Å². The Morgan fingerprint density at radius 3 is 1.50 bits per heavy atom. The fourth-order valence-corrected chi connectivity index (χ4v) is 2.82. The summed E-state index contributed by atoms with van der Waals surface area (Å²) in [5.41, 5.74) is 4.69. The van der Waals surface area contributed by atoms with E-state index in [2.05, 4.69) is 27.7 Å². The summed E-state index contributed by atoms with van der Waals surface area (Å²) in [6.07, 6.45) is 0. The second-order valence-corrected chi connectivity index (χ2v) is 5.00. The smallest absolute Gasteiger partial charge is 1.00 e. The molecule has 0 nitrogen and oxygen atoms in total. The van der Waals surface area contributed by atoms with Crippen molar-refractivity contribution in [2.45, 2.75) is 27.7 Å². The summed E-state index contributed by atoms with van der Waals surface area (Å²) in [5, 5.41) is 0. The maximum Gasteiger partial charge on any atom is -1.00 e. The van der Waals surface area contributed by atoms with Gasteiger partial charge in [-0.2, -0.15) is 0 Å². The molecule has 0 spiro atoms. The minimum absolute atomic E-state index is 0. The van der Waals surface area contributed by atoms with E-state index in [0.29, 0.717) is 0 Å². The van der Waals surface area contributed by atoms with E-state index in [1.165, 1.54) is 29.9 Å². The molecule has 1 unspecified atom stereocenters. The van der Waals surface area contributed by atoms with Gasteiger partial charge in [-0.1, -0.05) is 0 Å². The maximum absolute atomic E-state index is 2.32. The van der Waals surface area contributed by atoms with Crippen LogP contribution >= 0.6 is 0 Å². The summed E-state index contributed by atoms with van der Waals surface area (Å²) < 4.78 is 1.69. The molecule has 0 aromatic heterocycles. The van der Waals surface area contributed by atoms with Gasteiger partial charge in [-0.3, -0.25) is 0 Å². The van der Waals surface area contributed by atoms with Crippen molar-refractivity contribution in [3.8, 4) is 0 Å². The van der Waals surface area contributed by atoms with Crippen LogP contribution in [0.4, 0.5) is 0 Å². The number of rotatable bonds is 0. The van der Waals surface area contributed by atoms with Crippen LogP contribution in [-0.2, 0) is 24.4 Å². The van der Waals surface area contributed by atoms with E-state index >= 15 is 0 Å². The molecule has 1 rings (SSSR count). The summed E-state index contributed by atoms with van der Waals surface area (Å²) in [5.74, 6) is 0.756. The first-order valence-corrected chi connectivity index (χ1v) is 5.45. The number of allylic oxidation sites excluding steroid dienone is 4. The molecular weight excluding hydrogens is 357 g/mol. The zero-order valence-corrected chi connectivity index (χ0v) is 12.9. The molecule has 0 heterocycles. The van der Waals surface area contributed by atoms with E-state index in [0.717, 1.165) is 5.92 Å². The molecular formula is C9H13Cl2Hf. The van der Waals surface area contributed by atoms with Crippen LogP contribution in [0, 0.1) is 5.92 Å². The zero-order valence-electron chi connectivity index (χ0n) is 7.83. The van der Waals surface area contributed by atoms with E-state index < -0.39 is 0 Å². The van der Waals surface area contributed by atoms with Gasteiger partial charge in [0.15, 0.2) is 0 Å². The van der Waals surface area contributed by atoms with Gasteiger partial charge < -0.3 is 24.8 Å². The molecule has 0 saturated heterocycles. The zero-order chi connectivity index (χ0) is 7.89. The topological polar surface area (TPSA) is 0 Å². The summed E-state index contributed by atoms with van der Waals surface area (Å²) in [4.78, 5) is 0. The normalized spacial score (nSPS) is 22.3. The minimum atomic E-state index is 0. The second-order valence-electron chi connectivity index (χ2n) is 3.07. The molecule has 0 fully saturated rings. The Morgan fingerprint density at radius 1 is 1.00 bits per heavy atom. The van der Waals surface area contributed by atoms with Gasteiger partial charge in [0.05, 0.1) is 0 Å². The van der Waals surface area contributed by atoms with Crippen molar-refractivity contribution in [3.63, 3.8) is 0 Å². The third-order valence-corrected chi connectivity index (χ3v) is 5.54. The molecule has 0 N–H and O–H groups in total. The monoisotopic (exact) mass is 371 g/mol. The molecule has 0 aromatic rings. The first-order valence-electron chi connectivity index (χ1n) is 3.65. The summed E-state index contributed by atoms with van der Waals surface area (Å²) >= 11 is 1.23. The predicted molar refractivity (Wildman–Crippen MR) is 40.2 cm³/mol. The van der Waals surface area contributed by atoms with Crippen molar-refractivity contribution in [2.24, 2.45) is 5.92 Å². The fraction of sp³-hybridized carbons (Fsp3) is 0.556. The standard InChI is InChI=1S/C9H13.2ClH.Hf/c1-6-5-7(2)9(4)8(6)3;;;/h6H,1-4H3;2*1H;/q;;;+2/p-2. The molecule has 0 aliphatic heterocycles. The molecule has 0 saturated carbocycles. The minimum Gasteiger partial charge on any atom is -1.00 e. The van der Waals surface area contributed by atoms with Crippen molar-refractivity contribution in [1.82, 2.24) is 0 Å². The van der Waals surface area contributed by atoms with Crippen molar-refractivity contribution < 1.29 is 49.2 Å². The molecule has 67 valence electrons. The van der Waals surface area contributed by atoms with Crippen LogP contribution in [0.5, 0.6) is 0 Å². The molecule has 0 radical (unpaired) electrons. The van der Waals surface area contributed by atoms with Crippen molar-refractivity contribution in [3.05, 3.63) is 20.0 Å². The van der Waals surface area contributed by atoms with E-state index in [-0.39, 0.29) is 24.8 Å². The van der Waals surface area contributed by atoms with Gasteiger partial charge >= 0.3 is 78.0 Å². The van der Waals surface area contributed by atoms with Crippen LogP contribution in [0.2, 0.25) is 0 Å². The van der Waals surface area contributed by atoms with Crippen LogP contribution < -0.4 is 24.8 Å². The Labute approximate surface area is 102 Å². The van der Waals surface area contributed by atoms with E-state index in [1.807, 2.05) is 0 Å². The van der Waals surface area contributed by atoms with Gasteiger partial charge in [0, 0.05) is 0 Å². The van der Waals surface area contributed by atoms with Gasteiger partial charge in [0.25, 0.3) is 0 Å². The molecule has 1 atom stereocenters. The summed E-state index contributed by atoms with van der Waals surface area (Å²) in [7, 11) is 0. The van der Waals surface area contributed by atoms with Crippen LogP contribution in [0.25, 0.3) is 0 Å². The first-order chi connectivity index (χ1) is 4.55. The van der Waals surface area contributed by atoms with Crippen molar-refractivity contribution in [1.29, 1.82) is 0 Å². The maximum atomic E-state index is 2.32. The molecule has 0 bridgehead atoms.